The zero-order valence-electron chi connectivity index (χ0n) is 13.2. The first-order valence-corrected chi connectivity index (χ1v) is 9.27. The van der Waals surface area contributed by atoms with Crippen molar-refractivity contribution in [2.45, 2.75) is 25.6 Å². The maximum atomic E-state index is 12.0. The fraction of sp³-hybridized carbons (Fsp3) is 0.294. The summed E-state index contributed by atoms with van der Waals surface area (Å²) in [5, 5.41) is 0.644. The quantitative estimate of drug-likeness (QED) is 0.722. The Morgan fingerprint density at radius 3 is 2.70 bits per heavy atom. The molecule has 0 radical (unpaired) electrons. The molecule has 0 aliphatic rings. The molecule has 1 aromatic carbocycles. The van der Waals surface area contributed by atoms with Crippen molar-refractivity contribution in [1.29, 1.82) is 0 Å². The zero-order valence-corrected chi connectivity index (χ0v) is 14.0. The van der Waals surface area contributed by atoms with Crippen molar-refractivity contribution in [3.8, 4) is 11.4 Å². The number of imidazole rings is 1. The number of benzene rings is 1. The molecule has 0 amide bonds. The van der Waals surface area contributed by atoms with Crippen LogP contribution in [-0.4, -0.2) is 34.0 Å². The molecule has 0 saturated heterocycles. The van der Waals surface area contributed by atoms with Crippen molar-refractivity contribution in [1.82, 2.24) is 14.5 Å². The molecule has 120 valence electrons. The minimum absolute atomic E-state index is 0.108. The first-order chi connectivity index (χ1) is 11.0. The normalized spacial score (nSPS) is 12.1. The van der Waals surface area contributed by atoms with Gasteiger partial charge in [0.2, 0.25) is 0 Å². The van der Waals surface area contributed by atoms with Gasteiger partial charge < -0.3 is 4.57 Å². The van der Waals surface area contributed by atoms with Crippen molar-refractivity contribution < 1.29 is 8.42 Å². The molecule has 0 fully saturated rings. The highest BCUT2D eigenvalue weighted by atomic mass is 32.2. The van der Waals surface area contributed by atoms with Crippen LogP contribution in [0.3, 0.4) is 0 Å². The minimum Gasteiger partial charge on any atom is -0.330 e. The molecule has 2 heterocycles. The molecule has 0 unspecified atom stereocenters. The van der Waals surface area contributed by atoms with Gasteiger partial charge in [-0.25, -0.2) is 13.4 Å². The van der Waals surface area contributed by atoms with Gasteiger partial charge in [-0.1, -0.05) is 18.2 Å². The van der Waals surface area contributed by atoms with Crippen LogP contribution < -0.4 is 0 Å². The van der Waals surface area contributed by atoms with Gasteiger partial charge in [0.25, 0.3) is 0 Å². The van der Waals surface area contributed by atoms with E-state index < -0.39 is 9.84 Å². The van der Waals surface area contributed by atoms with Crippen molar-refractivity contribution in [2.75, 3.05) is 5.75 Å². The molecular weight excluding hydrogens is 310 g/mol. The third kappa shape index (κ3) is 3.12. The van der Waals surface area contributed by atoms with Crippen LogP contribution in [-0.2, 0) is 16.4 Å². The van der Waals surface area contributed by atoms with E-state index in [-0.39, 0.29) is 11.0 Å². The molecule has 6 heteroatoms. The maximum absolute atomic E-state index is 12.0. The zero-order chi connectivity index (χ0) is 16.4. The van der Waals surface area contributed by atoms with Crippen LogP contribution in [0.15, 0.2) is 48.9 Å². The molecule has 0 N–H and O–H groups in total. The van der Waals surface area contributed by atoms with E-state index in [0.717, 1.165) is 22.3 Å². The van der Waals surface area contributed by atoms with Gasteiger partial charge in [0.15, 0.2) is 9.84 Å². The van der Waals surface area contributed by atoms with Gasteiger partial charge in [-0.3, -0.25) is 4.98 Å². The van der Waals surface area contributed by atoms with Crippen LogP contribution in [0.5, 0.6) is 0 Å². The summed E-state index contributed by atoms with van der Waals surface area (Å²) in [6.07, 6.45) is 5.28. The average Bonchev–Trinajstić information content (AvgIpc) is 3.00. The predicted octanol–water partition coefficient (Wildman–Crippen LogP) is 2.92. The molecule has 3 rings (SSSR count). The Hall–Kier alpha value is -2.21. The summed E-state index contributed by atoms with van der Waals surface area (Å²) in [4.78, 5) is 8.78. The molecule has 3 aromatic rings. The van der Waals surface area contributed by atoms with Gasteiger partial charge in [0, 0.05) is 36.1 Å². The second-order valence-electron chi connectivity index (χ2n) is 5.74. The second-order valence-corrected chi connectivity index (χ2v) is 8.41. The lowest BCUT2D eigenvalue weighted by molar-refractivity contribution is 0.580. The van der Waals surface area contributed by atoms with Crippen molar-refractivity contribution in [3.05, 3.63) is 48.9 Å². The topological polar surface area (TPSA) is 64.8 Å². The Kier molecular flexibility index (Phi) is 4.17. The van der Waals surface area contributed by atoms with Crippen LogP contribution in [0, 0.1) is 0 Å². The largest absolute Gasteiger partial charge is 0.330 e. The maximum Gasteiger partial charge on any atom is 0.154 e. The van der Waals surface area contributed by atoms with Gasteiger partial charge in [-0.05, 0) is 26.0 Å². The molecule has 5 nitrogen and oxygen atoms in total. The highest BCUT2D eigenvalue weighted by Crippen LogP contribution is 2.26. The van der Waals surface area contributed by atoms with E-state index in [1.54, 1.807) is 26.2 Å². The second kappa shape index (κ2) is 6.12. The van der Waals surface area contributed by atoms with E-state index in [1.165, 1.54) is 0 Å². The SMILES string of the molecule is CC(C)S(=O)(=O)CCn1ccnc1-c1cccc2ncccc12. The lowest BCUT2D eigenvalue weighted by atomic mass is 10.1. The fourth-order valence-electron chi connectivity index (χ4n) is 2.49. The molecular formula is C17H19N3O2S. The summed E-state index contributed by atoms with van der Waals surface area (Å²) < 4.78 is 26.0. The number of pyridine rings is 1. The molecule has 0 bridgehead atoms. The number of hydrogen-bond acceptors (Lipinski definition) is 4. The number of nitrogens with zero attached hydrogens (tertiary/aromatic N) is 3. The minimum atomic E-state index is -3.08. The first-order valence-electron chi connectivity index (χ1n) is 7.56. The van der Waals surface area contributed by atoms with E-state index in [0.29, 0.717) is 6.54 Å². The summed E-state index contributed by atoms with van der Waals surface area (Å²) in [7, 11) is -3.08. The number of aryl methyl sites for hydroxylation is 1. The van der Waals surface area contributed by atoms with Gasteiger partial charge in [-0.2, -0.15) is 0 Å². The molecule has 0 spiro atoms. The highest BCUT2D eigenvalue weighted by molar-refractivity contribution is 7.91. The monoisotopic (exact) mass is 329 g/mol. The van der Waals surface area contributed by atoms with E-state index in [2.05, 4.69) is 9.97 Å². The predicted molar refractivity (Wildman–Crippen MR) is 91.9 cm³/mol. The Morgan fingerprint density at radius 1 is 1.09 bits per heavy atom. The third-order valence-electron chi connectivity index (χ3n) is 3.94. The summed E-state index contributed by atoms with van der Waals surface area (Å²) in [6, 6.07) is 9.77. The van der Waals surface area contributed by atoms with Crippen LogP contribution >= 0.6 is 0 Å². The number of hydrogen-bond donors (Lipinski definition) is 0. The Labute approximate surface area is 135 Å². The smallest absolute Gasteiger partial charge is 0.154 e. The van der Waals surface area contributed by atoms with Gasteiger partial charge >= 0.3 is 0 Å². The van der Waals surface area contributed by atoms with Crippen molar-refractivity contribution >= 4 is 20.7 Å². The molecule has 0 aliphatic carbocycles. The summed E-state index contributed by atoms with van der Waals surface area (Å²) in [6.45, 7) is 3.81. The third-order valence-corrected chi connectivity index (χ3v) is 6.13. The average molecular weight is 329 g/mol. The van der Waals surface area contributed by atoms with Crippen molar-refractivity contribution in [3.63, 3.8) is 0 Å². The molecule has 23 heavy (non-hydrogen) atoms. The number of fused-ring (bicyclic) bond motifs is 1. The lowest BCUT2D eigenvalue weighted by Gasteiger charge is -2.11. The highest BCUT2D eigenvalue weighted by Gasteiger charge is 2.17. The number of aromatic nitrogens is 3. The lowest BCUT2D eigenvalue weighted by Crippen LogP contribution is -2.21. The van der Waals surface area contributed by atoms with Crippen LogP contribution in [0.2, 0.25) is 0 Å². The summed E-state index contributed by atoms with van der Waals surface area (Å²) >= 11 is 0. The number of rotatable bonds is 5. The Morgan fingerprint density at radius 2 is 1.91 bits per heavy atom. The fourth-order valence-corrected chi connectivity index (χ4v) is 3.42. The van der Waals surface area contributed by atoms with E-state index in [4.69, 9.17) is 0 Å². The van der Waals surface area contributed by atoms with Crippen LogP contribution in [0.25, 0.3) is 22.3 Å². The van der Waals surface area contributed by atoms with Gasteiger partial charge in [-0.15, -0.1) is 0 Å². The molecule has 2 aromatic heterocycles. The van der Waals surface area contributed by atoms with E-state index >= 15 is 0 Å². The van der Waals surface area contributed by atoms with Crippen LogP contribution in [0.1, 0.15) is 13.8 Å². The Bertz CT molecular complexity index is 924. The molecule has 0 atom stereocenters. The number of sulfone groups is 1. The molecule has 0 saturated carbocycles. The van der Waals surface area contributed by atoms with E-state index in [1.807, 2.05) is 41.1 Å². The Balaban J connectivity index is 1.98. The van der Waals surface area contributed by atoms with Gasteiger partial charge in [0.05, 0.1) is 16.5 Å². The van der Waals surface area contributed by atoms with Crippen LogP contribution in [0.4, 0.5) is 0 Å². The van der Waals surface area contributed by atoms with Gasteiger partial charge in [0.1, 0.15) is 5.82 Å². The summed E-state index contributed by atoms with van der Waals surface area (Å²) in [5.74, 6) is 0.874. The summed E-state index contributed by atoms with van der Waals surface area (Å²) in [5.41, 5.74) is 1.86. The first kappa shape index (κ1) is 15.7. The standard InChI is InChI=1S/C17H19N3O2S/c1-13(2)23(21,22)12-11-20-10-9-19-17(20)15-5-3-7-16-14(15)6-4-8-18-16/h3-10,13H,11-12H2,1-2H3. The van der Waals surface area contributed by atoms with Crippen molar-refractivity contribution in [2.24, 2.45) is 0 Å². The molecule has 0 aliphatic heterocycles. The van der Waals surface area contributed by atoms with E-state index in [9.17, 15) is 8.42 Å².